The number of aromatic nitrogens is 2. The van der Waals surface area contributed by atoms with Crippen molar-refractivity contribution < 1.29 is 19.1 Å². The monoisotopic (exact) mass is 476 g/mol. The van der Waals surface area contributed by atoms with Gasteiger partial charge in [-0.05, 0) is 62.6 Å². The number of para-hydroxylation sites is 1. The number of alkyl carbamates (subject to hydrolysis) is 1. The number of ether oxygens (including phenoxy) is 2. The summed E-state index contributed by atoms with van der Waals surface area (Å²) >= 11 is 0. The summed E-state index contributed by atoms with van der Waals surface area (Å²) < 4.78 is 10.7. The Morgan fingerprint density at radius 3 is 2.43 bits per heavy atom. The summed E-state index contributed by atoms with van der Waals surface area (Å²) in [5.74, 6) is 0.515. The third kappa shape index (κ3) is 5.95. The third-order valence-electron chi connectivity index (χ3n) is 5.77. The number of aromatic amines is 2. The fourth-order valence-electron chi connectivity index (χ4n) is 4.11. The molecular formula is C27H32N4O4. The van der Waals surface area contributed by atoms with E-state index in [0.717, 1.165) is 38.7 Å². The van der Waals surface area contributed by atoms with E-state index in [1.54, 1.807) is 27.9 Å². The van der Waals surface area contributed by atoms with Gasteiger partial charge >= 0.3 is 6.09 Å². The van der Waals surface area contributed by atoms with Gasteiger partial charge in [0.25, 0.3) is 0 Å². The summed E-state index contributed by atoms with van der Waals surface area (Å²) in [5.41, 5.74) is 3.35. The normalized spacial score (nSPS) is 12.5. The predicted molar refractivity (Wildman–Crippen MR) is 137 cm³/mol. The minimum absolute atomic E-state index is 0.265. The smallest absolute Gasteiger partial charge is 0.408 e. The van der Waals surface area contributed by atoms with Gasteiger partial charge in [-0.15, -0.1) is 0 Å². The highest BCUT2D eigenvalue weighted by Gasteiger charge is 2.25. The van der Waals surface area contributed by atoms with Crippen LogP contribution in [0.2, 0.25) is 0 Å². The third-order valence-corrected chi connectivity index (χ3v) is 5.77. The number of H-pyrrole nitrogens is 2. The van der Waals surface area contributed by atoms with Crippen LogP contribution in [0.4, 0.5) is 4.79 Å². The largest absolute Gasteiger partial charge is 0.497 e. The molecule has 0 spiro atoms. The Balaban J connectivity index is 1.46. The first-order chi connectivity index (χ1) is 16.7. The number of nitrogens with one attached hydrogen (secondary N) is 4. The van der Waals surface area contributed by atoms with E-state index in [0.29, 0.717) is 19.4 Å². The summed E-state index contributed by atoms with van der Waals surface area (Å²) in [6.07, 6.45) is 4.16. The summed E-state index contributed by atoms with van der Waals surface area (Å²) in [5, 5.41) is 7.81. The molecule has 2 aromatic carbocycles. The van der Waals surface area contributed by atoms with Gasteiger partial charge in [-0.2, -0.15) is 0 Å². The molecule has 4 aromatic rings. The SMILES string of the molecule is COc1ccc2[nH]cc(CCNC(=O)[C@H](Cc3c[nH]c4ccccc34)NC(=O)OC(C)(C)C)c2c1. The molecule has 4 N–H and O–H groups in total. The number of hydrogen-bond donors (Lipinski definition) is 4. The summed E-state index contributed by atoms with van der Waals surface area (Å²) in [6.45, 7) is 5.79. The lowest BCUT2D eigenvalue weighted by atomic mass is 10.0. The van der Waals surface area contributed by atoms with Crippen LogP contribution < -0.4 is 15.4 Å². The molecule has 0 aliphatic heterocycles. The maximum Gasteiger partial charge on any atom is 0.408 e. The summed E-state index contributed by atoms with van der Waals surface area (Å²) in [7, 11) is 1.64. The first kappa shape index (κ1) is 24.2. The van der Waals surface area contributed by atoms with E-state index in [-0.39, 0.29) is 5.91 Å². The Labute approximate surface area is 204 Å². The van der Waals surface area contributed by atoms with Gasteiger partial charge in [0.15, 0.2) is 0 Å². The zero-order valence-corrected chi connectivity index (χ0v) is 20.5. The van der Waals surface area contributed by atoms with E-state index in [1.807, 2.05) is 54.9 Å². The number of carbonyl (C=O) groups excluding carboxylic acids is 2. The van der Waals surface area contributed by atoms with Crippen molar-refractivity contribution in [1.82, 2.24) is 20.6 Å². The zero-order chi connectivity index (χ0) is 25.0. The minimum atomic E-state index is -0.785. The van der Waals surface area contributed by atoms with Gasteiger partial charge in [0.1, 0.15) is 17.4 Å². The lowest BCUT2D eigenvalue weighted by molar-refractivity contribution is -0.123. The van der Waals surface area contributed by atoms with E-state index < -0.39 is 17.7 Å². The molecule has 4 rings (SSSR count). The number of fused-ring (bicyclic) bond motifs is 2. The van der Waals surface area contributed by atoms with Crippen molar-refractivity contribution in [2.24, 2.45) is 0 Å². The molecule has 2 heterocycles. The molecule has 0 saturated carbocycles. The minimum Gasteiger partial charge on any atom is -0.497 e. The van der Waals surface area contributed by atoms with Crippen LogP contribution in [0, 0.1) is 0 Å². The first-order valence-corrected chi connectivity index (χ1v) is 11.7. The van der Waals surface area contributed by atoms with Crippen LogP contribution in [-0.4, -0.2) is 47.3 Å². The van der Waals surface area contributed by atoms with Crippen LogP contribution in [0.3, 0.4) is 0 Å². The van der Waals surface area contributed by atoms with E-state index in [2.05, 4.69) is 20.6 Å². The molecule has 8 nitrogen and oxygen atoms in total. The van der Waals surface area contributed by atoms with Gasteiger partial charge in [0.2, 0.25) is 5.91 Å². The van der Waals surface area contributed by atoms with Crippen molar-refractivity contribution in [3.63, 3.8) is 0 Å². The zero-order valence-electron chi connectivity index (χ0n) is 20.5. The number of amides is 2. The molecule has 0 radical (unpaired) electrons. The average Bonchev–Trinajstić information content (AvgIpc) is 3.41. The summed E-state index contributed by atoms with van der Waals surface area (Å²) in [6, 6.07) is 12.9. The Morgan fingerprint density at radius 2 is 1.69 bits per heavy atom. The highest BCUT2D eigenvalue weighted by Crippen LogP contribution is 2.24. The maximum absolute atomic E-state index is 13.2. The van der Waals surface area contributed by atoms with Gasteiger partial charge in [-0.3, -0.25) is 4.79 Å². The van der Waals surface area contributed by atoms with Gasteiger partial charge in [-0.25, -0.2) is 4.79 Å². The standard InChI is InChI=1S/C27H32N4O4/c1-27(2,3)35-26(33)31-24(13-18-16-30-22-8-6-5-7-20(18)22)25(32)28-12-11-17-15-29-23-10-9-19(34-4)14-21(17)23/h5-10,14-16,24,29-30H,11-13H2,1-4H3,(H,28,32)(H,31,33)/t24-/m0/s1. The van der Waals surface area contributed by atoms with E-state index in [4.69, 9.17) is 9.47 Å². The van der Waals surface area contributed by atoms with Crippen molar-refractivity contribution >= 4 is 33.8 Å². The highest BCUT2D eigenvalue weighted by molar-refractivity contribution is 5.89. The molecule has 2 amide bonds. The molecule has 0 aliphatic carbocycles. The molecule has 35 heavy (non-hydrogen) atoms. The van der Waals surface area contributed by atoms with Crippen LogP contribution in [0.15, 0.2) is 54.9 Å². The molecule has 0 fully saturated rings. The Bertz CT molecular complexity index is 1330. The van der Waals surface area contributed by atoms with Crippen molar-refractivity contribution in [3.05, 3.63) is 66.0 Å². The molecule has 184 valence electrons. The average molecular weight is 477 g/mol. The van der Waals surface area contributed by atoms with Crippen LogP contribution in [0.5, 0.6) is 5.75 Å². The van der Waals surface area contributed by atoms with Gasteiger partial charge in [0.05, 0.1) is 7.11 Å². The number of rotatable bonds is 8. The quantitative estimate of drug-likeness (QED) is 0.301. The van der Waals surface area contributed by atoms with Crippen molar-refractivity contribution in [2.45, 2.75) is 45.3 Å². The molecule has 8 heteroatoms. The molecule has 0 bridgehead atoms. The Morgan fingerprint density at radius 1 is 0.971 bits per heavy atom. The van der Waals surface area contributed by atoms with Crippen molar-refractivity contribution in [2.75, 3.05) is 13.7 Å². The van der Waals surface area contributed by atoms with Crippen LogP contribution in [0.25, 0.3) is 21.8 Å². The molecule has 2 aromatic heterocycles. The lowest BCUT2D eigenvalue weighted by Crippen LogP contribution is -2.49. The maximum atomic E-state index is 13.2. The molecule has 0 saturated heterocycles. The second-order valence-corrected chi connectivity index (χ2v) is 9.53. The van der Waals surface area contributed by atoms with Gasteiger partial charge in [0, 0.05) is 47.2 Å². The predicted octanol–water partition coefficient (Wildman–Crippen LogP) is 4.45. The highest BCUT2D eigenvalue weighted by atomic mass is 16.6. The first-order valence-electron chi connectivity index (χ1n) is 11.7. The van der Waals surface area contributed by atoms with Crippen LogP contribution in [-0.2, 0) is 22.4 Å². The Kier molecular flexibility index (Phi) is 7.00. The van der Waals surface area contributed by atoms with Gasteiger partial charge < -0.3 is 30.1 Å². The lowest BCUT2D eigenvalue weighted by Gasteiger charge is -2.23. The molecule has 0 unspecified atom stereocenters. The second kappa shape index (κ2) is 10.1. The van der Waals surface area contributed by atoms with Crippen LogP contribution in [0.1, 0.15) is 31.9 Å². The number of hydrogen-bond acceptors (Lipinski definition) is 4. The topological polar surface area (TPSA) is 108 Å². The van der Waals surface area contributed by atoms with E-state index >= 15 is 0 Å². The molecular weight excluding hydrogens is 444 g/mol. The van der Waals surface area contributed by atoms with E-state index in [1.165, 1.54) is 0 Å². The van der Waals surface area contributed by atoms with Crippen molar-refractivity contribution in [3.8, 4) is 5.75 Å². The molecule has 0 aliphatic rings. The van der Waals surface area contributed by atoms with Crippen LogP contribution >= 0.6 is 0 Å². The van der Waals surface area contributed by atoms with Gasteiger partial charge in [-0.1, -0.05) is 18.2 Å². The second-order valence-electron chi connectivity index (χ2n) is 9.53. The molecule has 1 atom stereocenters. The fourth-order valence-corrected chi connectivity index (χ4v) is 4.11. The van der Waals surface area contributed by atoms with Crippen molar-refractivity contribution in [1.29, 1.82) is 0 Å². The number of methoxy groups -OCH3 is 1. The number of carbonyl (C=O) groups is 2. The number of benzene rings is 2. The fraction of sp³-hybridized carbons (Fsp3) is 0.333. The Hall–Kier alpha value is -3.94. The summed E-state index contributed by atoms with van der Waals surface area (Å²) in [4.78, 5) is 32.1. The van der Waals surface area contributed by atoms with E-state index in [9.17, 15) is 9.59 Å².